The van der Waals surface area contributed by atoms with Crippen LogP contribution in [0.3, 0.4) is 0 Å². The Kier molecular flexibility index (Phi) is 7.54. The van der Waals surface area contributed by atoms with Crippen molar-refractivity contribution in [1.29, 1.82) is 0 Å². The third-order valence-electron chi connectivity index (χ3n) is 9.17. The molecule has 2 heteroatoms. The van der Waals surface area contributed by atoms with E-state index in [0.29, 0.717) is 0 Å². The maximum absolute atomic E-state index is 2.53. The molecule has 6 aromatic rings. The number of rotatable bonds is 7. The van der Waals surface area contributed by atoms with Crippen LogP contribution in [0.25, 0.3) is 27.1 Å². The zero-order chi connectivity index (χ0) is 30.7. The third kappa shape index (κ3) is 5.33. The van der Waals surface area contributed by atoms with Crippen LogP contribution < -0.4 is 9.80 Å². The van der Waals surface area contributed by atoms with Crippen molar-refractivity contribution in [1.82, 2.24) is 0 Å². The first-order valence-corrected chi connectivity index (χ1v) is 16.3. The molecule has 0 saturated carbocycles. The first-order valence-electron chi connectivity index (χ1n) is 16.3. The number of benzene rings is 6. The first kappa shape index (κ1) is 27.9. The van der Waals surface area contributed by atoms with Crippen LogP contribution in [0, 0.1) is 0 Å². The van der Waals surface area contributed by atoms with Crippen molar-refractivity contribution in [3.05, 3.63) is 187 Å². The average Bonchev–Trinajstić information content (AvgIpc) is 3.14. The van der Waals surface area contributed by atoms with E-state index < -0.39 is 0 Å². The average molecular weight is 593 g/mol. The van der Waals surface area contributed by atoms with Crippen LogP contribution in [0.15, 0.2) is 182 Å². The molecule has 1 unspecified atom stereocenters. The molecule has 8 rings (SSSR count). The summed E-state index contributed by atoms with van der Waals surface area (Å²) in [4.78, 5) is 4.90. The molecule has 0 N–H and O–H groups in total. The number of hydrogen-bond donors (Lipinski definition) is 0. The van der Waals surface area contributed by atoms with E-state index >= 15 is 0 Å². The normalized spacial score (nSPS) is 15.9. The van der Waals surface area contributed by atoms with Gasteiger partial charge in [0.1, 0.15) is 0 Å². The second-order valence-electron chi connectivity index (χ2n) is 12.0. The summed E-state index contributed by atoms with van der Waals surface area (Å²) in [6, 6.07) is 50.5. The fraction of sp³-hybridized carbons (Fsp3) is 0.0909. The zero-order valence-electron chi connectivity index (χ0n) is 25.8. The second kappa shape index (κ2) is 12.4. The topological polar surface area (TPSA) is 6.48 Å². The van der Waals surface area contributed by atoms with E-state index in [4.69, 9.17) is 0 Å². The van der Waals surface area contributed by atoms with Crippen molar-refractivity contribution < 1.29 is 0 Å². The molecule has 2 aliphatic rings. The van der Waals surface area contributed by atoms with Gasteiger partial charge in [-0.15, -0.1) is 0 Å². The highest BCUT2D eigenvalue weighted by Gasteiger charge is 2.23. The maximum Gasteiger partial charge on any atom is 0.0560 e. The maximum atomic E-state index is 2.53. The van der Waals surface area contributed by atoms with Gasteiger partial charge in [-0.3, -0.25) is 0 Å². The summed E-state index contributed by atoms with van der Waals surface area (Å²) >= 11 is 0. The molecule has 0 bridgehead atoms. The van der Waals surface area contributed by atoms with Gasteiger partial charge in [0.15, 0.2) is 0 Å². The molecule has 2 aliphatic carbocycles. The molecule has 0 heterocycles. The molecule has 0 aliphatic heterocycles. The van der Waals surface area contributed by atoms with Gasteiger partial charge in [0.05, 0.1) is 11.7 Å². The van der Waals surface area contributed by atoms with Crippen LogP contribution in [0.2, 0.25) is 0 Å². The van der Waals surface area contributed by atoms with E-state index in [1.54, 1.807) is 0 Å². The van der Waals surface area contributed by atoms with Crippen molar-refractivity contribution in [2.45, 2.75) is 25.3 Å². The minimum absolute atomic E-state index is 0.239. The largest absolute Gasteiger partial charge is 0.334 e. The summed E-state index contributed by atoms with van der Waals surface area (Å²) < 4.78 is 0. The monoisotopic (exact) mass is 592 g/mol. The summed E-state index contributed by atoms with van der Waals surface area (Å²) in [6.45, 7) is 0. The second-order valence-corrected chi connectivity index (χ2v) is 12.0. The first-order chi connectivity index (χ1) is 22.8. The fourth-order valence-electron chi connectivity index (χ4n) is 6.93. The van der Waals surface area contributed by atoms with Gasteiger partial charge < -0.3 is 9.80 Å². The molecule has 0 fully saturated rings. The Balaban J connectivity index is 1.11. The van der Waals surface area contributed by atoms with Crippen LogP contribution in [0.5, 0.6) is 0 Å². The van der Waals surface area contributed by atoms with Gasteiger partial charge >= 0.3 is 0 Å². The third-order valence-corrected chi connectivity index (χ3v) is 9.17. The van der Waals surface area contributed by atoms with Gasteiger partial charge in [0, 0.05) is 33.5 Å². The molecular formula is C44H36N2. The fourth-order valence-corrected chi connectivity index (χ4v) is 6.93. The van der Waals surface area contributed by atoms with Gasteiger partial charge in [-0.05, 0) is 83.6 Å². The molecule has 6 aromatic carbocycles. The minimum Gasteiger partial charge on any atom is -0.334 e. The summed E-state index contributed by atoms with van der Waals surface area (Å²) in [5, 5.41) is 5.04. The van der Waals surface area contributed by atoms with Crippen molar-refractivity contribution in [2.24, 2.45) is 0 Å². The molecule has 222 valence electrons. The predicted molar refractivity (Wildman–Crippen MR) is 197 cm³/mol. The SMILES string of the molecule is C1=CC(N(c2cccc3ccccc23)C2C=CC(c3ccc(N(c4ccccc4)c4cccc5ccccc45)cc3)=CC2)=CCC1. The summed E-state index contributed by atoms with van der Waals surface area (Å²) in [5.74, 6) is 0. The Hall–Kier alpha value is -5.60. The Morgan fingerprint density at radius 3 is 1.80 bits per heavy atom. The minimum atomic E-state index is 0.239. The molecule has 0 aromatic heterocycles. The lowest BCUT2D eigenvalue weighted by atomic mass is 9.94. The molecule has 0 amide bonds. The predicted octanol–water partition coefficient (Wildman–Crippen LogP) is 11.9. The van der Waals surface area contributed by atoms with Crippen LogP contribution in [0.4, 0.5) is 22.7 Å². The van der Waals surface area contributed by atoms with E-state index in [2.05, 4.69) is 186 Å². The van der Waals surface area contributed by atoms with E-state index in [9.17, 15) is 0 Å². The van der Waals surface area contributed by atoms with Crippen molar-refractivity contribution in [3.8, 4) is 0 Å². The molecular weight excluding hydrogens is 556 g/mol. The Labute approximate surface area is 271 Å². The summed E-state index contributed by atoms with van der Waals surface area (Å²) in [6.07, 6.45) is 17.2. The number of hydrogen-bond acceptors (Lipinski definition) is 2. The van der Waals surface area contributed by atoms with Crippen molar-refractivity contribution >= 4 is 49.9 Å². The highest BCUT2D eigenvalue weighted by molar-refractivity contribution is 5.99. The van der Waals surface area contributed by atoms with Gasteiger partial charge in [0.25, 0.3) is 0 Å². The Morgan fingerprint density at radius 2 is 1.13 bits per heavy atom. The highest BCUT2D eigenvalue weighted by Crippen LogP contribution is 2.40. The number of nitrogens with zero attached hydrogens (tertiary/aromatic N) is 2. The molecule has 46 heavy (non-hydrogen) atoms. The highest BCUT2D eigenvalue weighted by atomic mass is 15.2. The molecule has 1 atom stereocenters. The van der Waals surface area contributed by atoms with Gasteiger partial charge in [-0.2, -0.15) is 0 Å². The Bertz CT molecular complexity index is 2120. The lowest BCUT2D eigenvalue weighted by Crippen LogP contribution is -2.33. The lowest BCUT2D eigenvalue weighted by molar-refractivity contribution is 0.759. The van der Waals surface area contributed by atoms with Crippen LogP contribution in [-0.4, -0.2) is 6.04 Å². The molecule has 2 nitrogen and oxygen atoms in total. The van der Waals surface area contributed by atoms with Crippen molar-refractivity contribution in [3.63, 3.8) is 0 Å². The van der Waals surface area contributed by atoms with E-state index in [-0.39, 0.29) is 6.04 Å². The molecule has 0 saturated heterocycles. The smallest absolute Gasteiger partial charge is 0.0560 e. The van der Waals surface area contributed by atoms with Gasteiger partial charge in [-0.1, -0.05) is 134 Å². The van der Waals surface area contributed by atoms with Gasteiger partial charge in [0.2, 0.25) is 0 Å². The number of para-hydroxylation sites is 1. The van der Waals surface area contributed by atoms with E-state index in [0.717, 1.165) is 30.6 Å². The van der Waals surface area contributed by atoms with Crippen LogP contribution in [-0.2, 0) is 0 Å². The quantitative estimate of drug-likeness (QED) is 0.182. The van der Waals surface area contributed by atoms with Crippen LogP contribution >= 0.6 is 0 Å². The van der Waals surface area contributed by atoms with Crippen molar-refractivity contribution in [2.75, 3.05) is 9.80 Å². The summed E-state index contributed by atoms with van der Waals surface area (Å²) in [5.41, 5.74) is 8.52. The summed E-state index contributed by atoms with van der Waals surface area (Å²) in [7, 11) is 0. The Morgan fingerprint density at radius 1 is 0.500 bits per heavy atom. The number of fused-ring (bicyclic) bond motifs is 2. The van der Waals surface area contributed by atoms with E-state index in [1.165, 1.54) is 49.8 Å². The zero-order valence-corrected chi connectivity index (χ0v) is 25.8. The molecule has 0 radical (unpaired) electrons. The standard InChI is InChI=1S/C44H36N2/c1-3-17-37(18-4-1)45(43-23-11-15-35-13-7-9-21-41(35)43)39-29-25-33(26-30-39)34-27-31-40(32-28-34)46(38-19-5-2-6-20-38)44-24-12-16-36-14-8-10-22-42(36)44/h1,3-5,7-31,40H,2,6,32H2. The number of anilines is 4. The van der Waals surface area contributed by atoms with Crippen LogP contribution in [0.1, 0.15) is 24.8 Å². The van der Waals surface area contributed by atoms with Gasteiger partial charge in [-0.25, -0.2) is 0 Å². The van der Waals surface area contributed by atoms with E-state index in [1.807, 2.05) is 0 Å². The molecule has 0 spiro atoms. The number of allylic oxidation sites excluding steroid dienone is 5. The lowest BCUT2D eigenvalue weighted by Gasteiger charge is -2.35.